The Morgan fingerprint density at radius 1 is 1.67 bits per heavy atom. The van der Waals surface area contributed by atoms with Crippen molar-refractivity contribution in [3.8, 4) is 6.07 Å². The molecule has 1 saturated heterocycles. The molecule has 1 fully saturated rings. The molecule has 0 unspecified atom stereocenters. The third-order valence-electron chi connectivity index (χ3n) is 2.93. The van der Waals surface area contributed by atoms with Crippen molar-refractivity contribution < 1.29 is 9.53 Å². The number of hydrogen-bond donors (Lipinski definition) is 0. The van der Waals surface area contributed by atoms with E-state index in [-0.39, 0.29) is 12.3 Å². The molecule has 1 aliphatic rings. The minimum atomic E-state index is -0.468. The van der Waals surface area contributed by atoms with Gasteiger partial charge in [0.25, 0.3) is 0 Å². The summed E-state index contributed by atoms with van der Waals surface area (Å²) in [4.78, 5) is 17.9. The lowest BCUT2D eigenvalue weighted by Crippen LogP contribution is -2.48. The monoisotopic (exact) mass is 245 g/mol. The molecule has 18 heavy (non-hydrogen) atoms. The Kier molecular flexibility index (Phi) is 3.90. The van der Waals surface area contributed by atoms with Crippen LogP contribution in [-0.4, -0.2) is 41.6 Å². The summed E-state index contributed by atoms with van der Waals surface area (Å²) in [6, 6.07) is 5.40. The molecule has 94 valence electrons. The molecule has 1 atom stereocenters. The summed E-state index contributed by atoms with van der Waals surface area (Å²) in [6.45, 7) is 3.18. The fourth-order valence-corrected chi connectivity index (χ4v) is 1.89. The van der Waals surface area contributed by atoms with Gasteiger partial charge in [0.2, 0.25) is 5.91 Å². The molecule has 0 N–H and O–H groups in total. The molecule has 0 saturated carbocycles. The first kappa shape index (κ1) is 12.5. The zero-order chi connectivity index (χ0) is 13.0. The van der Waals surface area contributed by atoms with Crippen molar-refractivity contribution in [1.82, 2.24) is 9.88 Å². The van der Waals surface area contributed by atoms with E-state index in [0.717, 1.165) is 11.3 Å². The quantitative estimate of drug-likeness (QED) is 0.768. The number of hydrogen-bond acceptors (Lipinski definition) is 4. The highest BCUT2D eigenvalue weighted by molar-refractivity contribution is 5.79. The molecule has 2 heterocycles. The molecule has 1 aromatic rings. The minimum Gasteiger partial charge on any atom is -0.376 e. The first-order valence-corrected chi connectivity index (χ1v) is 5.89. The lowest BCUT2D eigenvalue weighted by Gasteiger charge is -2.31. The van der Waals surface area contributed by atoms with E-state index in [9.17, 15) is 4.79 Å². The molecule has 1 amide bonds. The number of aromatic nitrogens is 1. The van der Waals surface area contributed by atoms with E-state index in [1.807, 2.05) is 19.1 Å². The molecular formula is C13H15N3O2. The second-order valence-corrected chi connectivity index (χ2v) is 4.29. The fourth-order valence-electron chi connectivity index (χ4n) is 1.89. The van der Waals surface area contributed by atoms with E-state index in [4.69, 9.17) is 10.00 Å². The first-order chi connectivity index (χ1) is 8.70. The van der Waals surface area contributed by atoms with Crippen molar-refractivity contribution in [3.63, 3.8) is 0 Å². The summed E-state index contributed by atoms with van der Waals surface area (Å²) >= 11 is 0. The summed E-state index contributed by atoms with van der Waals surface area (Å²) in [7, 11) is 0. The van der Waals surface area contributed by atoms with E-state index >= 15 is 0 Å². The topological polar surface area (TPSA) is 66.2 Å². The third-order valence-corrected chi connectivity index (χ3v) is 2.93. The Morgan fingerprint density at radius 3 is 3.17 bits per heavy atom. The van der Waals surface area contributed by atoms with Gasteiger partial charge >= 0.3 is 0 Å². The van der Waals surface area contributed by atoms with Gasteiger partial charge in [0.1, 0.15) is 6.04 Å². The highest BCUT2D eigenvalue weighted by Crippen LogP contribution is 2.10. The average Bonchev–Trinajstić information content (AvgIpc) is 2.41. The Labute approximate surface area is 106 Å². The summed E-state index contributed by atoms with van der Waals surface area (Å²) < 4.78 is 5.19. The van der Waals surface area contributed by atoms with Crippen LogP contribution in [0.1, 0.15) is 11.3 Å². The molecule has 0 spiro atoms. The maximum Gasteiger partial charge on any atom is 0.228 e. The van der Waals surface area contributed by atoms with Crippen LogP contribution in [0.4, 0.5) is 0 Å². The van der Waals surface area contributed by atoms with E-state index in [2.05, 4.69) is 11.1 Å². The molecule has 5 nitrogen and oxygen atoms in total. The van der Waals surface area contributed by atoms with E-state index in [0.29, 0.717) is 19.8 Å². The van der Waals surface area contributed by atoms with Gasteiger partial charge in [-0.2, -0.15) is 5.26 Å². The Bertz CT molecular complexity index is 464. The van der Waals surface area contributed by atoms with Gasteiger partial charge in [-0.3, -0.25) is 9.78 Å². The highest BCUT2D eigenvalue weighted by atomic mass is 16.5. The van der Waals surface area contributed by atoms with Crippen LogP contribution in [0.5, 0.6) is 0 Å². The second kappa shape index (κ2) is 5.61. The zero-order valence-electron chi connectivity index (χ0n) is 10.3. The van der Waals surface area contributed by atoms with Crippen molar-refractivity contribution in [3.05, 3.63) is 29.6 Å². The predicted molar refractivity (Wildman–Crippen MR) is 64.6 cm³/mol. The smallest absolute Gasteiger partial charge is 0.228 e. The van der Waals surface area contributed by atoms with Gasteiger partial charge in [-0.05, 0) is 18.6 Å². The first-order valence-electron chi connectivity index (χ1n) is 5.89. The van der Waals surface area contributed by atoms with E-state index in [1.165, 1.54) is 0 Å². The number of nitriles is 1. The van der Waals surface area contributed by atoms with E-state index < -0.39 is 6.04 Å². The number of nitrogens with zero attached hydrogens (tertiary/aromatic N) is 3. The number of aryl methyl sites for hydroxylation is 1. The average molecular weight is 245 g/mol. The second-order valence-electron chi connectivity index (χ2n) is 4.29. The van der Waals surface area contributed by atoms with E-state index in [1.54, 1.807) is 11.1 Å². The largest absolute Gasteiger partial charge is 0.376 e. The lowest BCUT2D eigenvalue weighted by molar-refractivity contribution is -0.136. The van der Waals surface area contributed by atoms with Gasteiger partial charge in [0, 0.05) is 18.4 Å². The van der Waals surface area contributed by atoms with Gasteiger partial charge in [0.15, 0.2) is 0 Å². The van der Waals surface area contributed by atoms with Crippen LogP contribution in [0.25, 0.3) is 0 Å². The molecule has 2 rings (SSSR count). The summed E-state index contributed by atoms with van der Waals surface area (Å²) in [5, 5.41) is 8.98. The SMILES string of the molecule is Cc1ccc(CC(=O)N2CCOC[C@@H]2C#N)cn1. The molecule has 1 aromatic heterocycles. The normalized spacial score (nSPS) is 19.3. The van der Waals surface area contributed by atoms with Gasteiger partial charge in [-0.15, -0.1) is 0 Å². The highest BCUT2D eigenvalue weighted by Gasteiger charge is 2.26. The van der Waals surface area contributed by atoms with Crippen molar-refractivity contribution in [2.24, 2.45) is 0 Å². The molecular weight excluding hydrogens is 230 g/mol. The number of rotatable bonds is 2. The number of pyridine rings is 1. The van der Waals surface area contributed by atoms with Crippen LogP contribution in [0, 0.1) is 18.3 Å². The fraction of sp³-hybridized carbons (Fsp3) is 0.462. The van der Waals surface area contributed by atoms with Crippen LogP contribution in [0.2, 0.25) is 0 Å². The molecule has 0 radical (unpaired) electrons. The number of morpholine rings is 1. The van der Waals surface area contributed by atoms with Crippen LogP contribution >= 0.6 is 0 Å². The molecule has 1 aliphatic heterocycles. The third kappa shape index (κ3) is 2.84. The van der Waals surface area contributed by atoms with Crippen LogP contribution < -0.4 is 0 Å². The lowest BCUT2D eigenvalue weighted by atomic mass is 10.1. The van der Waals surface area contributed by atoms with Crippen molar-refractivity contribution in [2.75, 3.05) is 19.8 Å². The molecule has 5 heteroatoms. The van der Waals surface area contributed by atoms with Crippen LogP contribution in [-0.2, 0) is 16.0 Å². The van der Waals surface area contributed by atoms with Crippen LogP contribution in [0.3, 0.4) is 0 Å². The number of ether oxygens (including phenoxy) is 1. The Morgan fingerprint density at radius 2 is 2.50 bits per heavy atom. The molecule has 0 aliphatic carbocycles. The zero-order valence-corrected chi connectivity index (χ0v) is 10.3. The summed E-state index contributed by atoms with van der Waals surface area (Å²) in [5.41, 5.74) is 1.79. The van der Waals surface area contributed by atoms with Crippen molar-refractivity contribution >= 4 is 5.91 Å². The maximum atomic E-state index is 12.1. The Hall–Kier alpha value is -1.93. The van der Waals surface area contributed by atoms with Crippen LogP contribution in [0.15, 0.2) is 18.3 Å². The van der Waals surface area contributed by atoms with Crippen molar-refractivity contribution in [1.29, 1.82) is 5.26 Å². The number of carbonyl (C=O) groups is 1. The maximum absolute atomic E-state index is 12.1. The molecule has 0 bridgehead atoms. The number of carbonyl (C=O) groups excluding carboxylic acids is 1. The van der Waals surface area contributed by atoms with Gasteiger partial charge in [-0.25, -0.2) is 0 Å². The van der Waals surface area contributed by atoms with Gasteiger partial charge < -0.3 is 9.64 Å². The Balaban J connectivity index is 2.02. The van der Waals surface area contributed by atoms with Crippen molar-refractivity contribution in [2.45, 2.75) is 19.4 Å². The number of amides is 1. The predicted octanol–water partition coefficient (Wildman–Crippen LogP) is 0.683. The standard InChI is InChI=1S/C13H15N3O2/c1-10-2-3-11(8-15-10)6-13(17)16-4-5-18-9-12(16)7-14/h2-3,8,12H,4-6,9H2,1H3/t12-/m0/s1. The van der Waals surface area contributed by atoms with Gasteiger partial charge in [-0.1, -0.05) is 6.07 Å². The van der Waals surface area contributed by atoms with Gasteiger partial charge in [0.05, 0.1) is 25.7 Å². The summed E-state index contributed by atoms with van der Waals surface area (Å²) in [6.07, 6.45) is 1.99. The summed E-state index contributed by atoms with van der Waals surface area (Å²) in [5.74, 6) is -0.0458. The minimum absolute atomic E-state index is 0.0458. The molecule has 0 aromatic carbocycles.